The third-order valence-corrected chi connectivity index (χ3v) is 4.20. The fourth-order valence-electron chi connectivity index (χ4n) is 2.73. The van der Waals surface area contributed by atoms with Gasteiger partial charge in [0.05, 0.1) is 0 Å². The molecule has 0 spiro atoms. The van der Waals surface area contributed by atoms with Crippen LogP contribution in [-0.4, -0.2) is 17.7 Å². The predicted molar refractivity (Wildman–Crippen MR) is 95.6 cm³/mol. The largest absolute Gasteiger partial charge is 0.419 e. The molecule has 2 aromatic rings. The van der Waals surface area contributed by atoms with E-state index in [1.807, 2.05) is 30.3 Å². The molecule has 0 unspecified atom stereocenters. The first kappa shape index (κ1) is 17.0. The molecule has 25 heavy (non-hydrogen) atoms. The minimum absolute atomic E-state index is 0.101. The molecule has 0 aliphatic carbocycles. The van der Waals surface area contributed by atoms with Gasteiger partial charge in [0.15, 0.2) is 0 Å². The van der Waals surface area contributed by atoms with E-state index in [0.717, 1.165) is 16.7 Å². The molecule has 128 valence electrons. The zero-order valence-electron chi connectivity index (χ0n) is 14.8. The van der Waals surface area contributed by atoms with Crippen LogP contribution >= 0.6 is 0 Å². The molecule has 0 bridgehead atoms. The van der Waals surface area contributed by atoms with Crippen molar-refractivity contribution in [2.45, 2.75) is 33.5 Å². The SMILES string of the molecule is Cc1ccc(-c2ccccc2C=C2C(=O)OC(C)(C)OC2=O)cc1C. The Morgan fingerprint density at radius 3 is 2.16 bits per heavy atom. The Hall–Kier alpha value is -2.88. The van der Waals surface area contributed by atoms with Crippen molar-refractivity contribution in [3.8, 4) is 11.1 Å². The normalized spacial score (nSPS) is 16.2. The van der Waals surface area contributed by atoms with E-state index in [-0.39, 0.29) is 5.57 Å². The van der Waals surface area contributed by atoms with Gasteiger partial charge in [-0.2, -0.15) is 0 Å². The van der Waals surface area contributed by atoms with Gasteiger partial charge in [0.25, 0.3) is 5.79 Å². The quantitative estimate of drug-likeness (QED) is 0.469. The fraction of sp³-hybridized carbons (Fsp3) is 0.238. The van der Waals surface area contributed by atoms with Crippen molar-refractivity contribution in [1.29, 1.82) is 0 Å². The van der Waals surface area contributed by atoms with Gasteiger partial charge < -0.3 is 9.47 Å². The highest BCUT2D eigenvalue weighted by molar-refractivity contribution is 6.19. The average molecular weight is 336 g/mol. The van der Waals surface area contributed by atoms with E-state index in [9.17, 15) is 9.59 Å². The third kappa shape index (κ3) is 3.48. The summed E-state index contributed by atoms with van der Waals surface area (Å²) in [6, 6.07) is 13.8. The van der Waals surface area contributed by atoms with E-state index in [1.54, 1.807) is 0 Å². The molecule has 0 radical (unpaired) electrons. The Balaban J connectivity index is 2.06. The van der Waals surface area contributed by atoms with Crippen molar-refractivity contribution < 1.29 is 19.1 Å². The van der Waals surface area contributed by atoms with Crippen molar-refractivity contribution in [3.63, 3.8) is 0 Å². The maximum Gasteiger partial charge on any atom is 0.348 e. The van der Waals surface area contributed by atoms with E-state index in [0.29, 0.717) is 0 Å². The molecule has 1 fully saturated rings. The molecule has 1 aliphatic heterocycles. The molecule has 4 heteroatoms. The first-order valence-corrected chi connectivity index (χ1v) is 8.12. The topological polar surface area (TPSA) is 52.6 Å². The van der Waals surface area contributed by atoms with Gasteiger partial charge >= 0.3 is 11.9 Å². The highest BCUT2D eigenvalue weighted by Gasteiger charge is 2.38. The van der Waals surface area contributed by atoms with Gasteiger partial charge in [-0.05, 0) is 47.7 Å². The monoisotopic (exact) mass is 336 g/mol. The molecule has 0 N–H and O–H groups in total. The number of cyclic esters (lactones) is 2. The minimum atomic E-state index is -1.24. The fourth-order valence-corrected chi connectivity index (χ4v) is 2.73. The van der Waals surface area contributed by atoms with Crippen molar-refractivity contribution in [3.05, 3.63) is 64.7 Å². The van der Waals surface area contributed by atoms with Crippen molar-refractivity contribution in [2.24, 2.45) is 0 Å². The van der Waals surface area contributed by atoms with Crippen LogP contribution in [0.3, 0.4) is 0 Å². The Labute approximate surface area is 147 Å². The summed E-state index contributed by atoms with van der Waals surface area (Å²) in [5.74, 6) is -2.58. The van der Waals surface area contributed by atoms with Crippen LogP contribution in [0.2, 0.25) is 0 Å². The second-order valence-corrected chi connectivity index (χ2v) is 6.62. The number of rotatable bonds is 2. The molecule has 2 aromatic carbocycles. The van der Waals surface area contributed by atoms with Crippen LogP contribution < -0.4 is 0 Å². The van der Waals surface area contributed by atoms with E-state index in [1.165, 1.54) is 31.1 Å². The lowest BCUT2D eigenvalue weighted by Gasteiger charge is -2.29. The molecule has 0 amide bonds. The number of carbonyl (C=O) groups is 2. The van der Waals surface area contributed by atoms with Crippen LogP contribution in [0.5, 0.6) is 0 Å². The molecule has 3 rings (SSSR count). The molecule has 0 atom stereocenters. The number of esters is 2. The van der Waals surface area contributed by atoms with Gasteiger partial charge in [-0.15, -0.1) is 0 Å². The van der Waals surface area contributed by atoms with Crippen LogP contribution in [0.1, 0.15) is 30.5 Å². The lowest BCUT2D eigenvalue weighted by molar-refractivity contribution is -0.222. The van der Waals surface area contributed by atoms with Gasteiger partial charge in [-0.3, -0.25) is 0 Å². The molecule has 1 saturated heterocycles. The van der Waals surface area contributed by atoms with E-state index in [4.69, 9.17) is 9.47 Å². The first-order chi connectivity index (χ1) is 11.8. The number of hydrogen-bond acceptors (Lipinski definition) is 4. The lowest BCUT2D eigenvalue weighted by atomic mass is 9.95. The van der Waals surface area contributed by atoms with Gasteiger partial charge in [-0.1, -0.05) is 42.5 Å². The van der Waals surface area contributed by atoms with Crippen LogP contribution in [0.25, 0.3) is 17.2 Å². The van der Waals surface area contributed by atoms with Crippen molar-refractivity contribution in [1.82, 2.24) is 0 Å². The summed E-state index contributed by atoms with van der Waals surface area (Å²) in [5.41, 5.74) is 5.00. The standard InChI is InChI=1S/C21H20O4/c1-13-9-10-16(11-14(13)2)17-8-6-5-7-15(17)12-18-19(22)24-21(3,4)25-20(18)23/h5-12H,1-4H3. The van der Waals surface area contributed by atoms with Gasteiger partial charge in [0.2, 0.25) is 0 Å². The number of aryl methyl sites for hydroxylation is 2. The Morgan fingerprint density at radius 2 is 1.52 bits per heavy atom. The van der Waals surface area contributed by atoms with Crippen LogP contribution in [0.15, 0.2) is 48.0 Å². The Bertz CT molecular complexity index is 869. The Kier molecular flexibility index (Phi) is 4.21. The molecular formula is C21H20O4. The second kappa shape index (κ2) is 6.20. The van der Waals surface area contributed by atoms with E-state index in [2.05, 4.69) is 26.0 Å². The van der Waals surface area contributed by atoms with Gasteiger partial charge in [0, 0.05) is 13.8 Å². The Morgan fingerprint density at radius 1 is 0.880 bits per heavy atom. The second-order valence-electron chi connectivity index (χ2n) is 6.62. The van der Waals surface area contributed by atoms with Crippen molar-refractivity contribution >= 4 is 18.0 Å². The maximum absolute atomic E-state index is 12.2. The van der Waals surface area contributed by atoms with Gasteiger partial charge in [-0.25, -0.2) is 9.59 Å². The summed E-state index contributed by atoms with van der Waals surface area (Å²) >= 11 is 0. The zero-order valence-corrected chi connectivity index (χ0v) is 14.8. The summed E-state index contributed by atoms with van der Waals surface area (Å²) in [6.45, 7) is 7.17. The summed E-state index contributed by atoms with van der Waals surface area (Å²) in [5, 5.41) is 0. The molecule has 1 aliphatic rings. The predicted octanol–water partition coefficient (Wildman–Crippen LogP) is 4.19. The van der Waals surface area contributed by atoms with E-state index < -0.39 is 17.7 Å². The maximum atomic E-state index is 12.2. The molecule has 1 heterocycles. The summed E-state index contributed by atoms with van der Waals surface area (Å²) in [6.07, 6.45) is 1.53. The van der Waals surface area contributed by atoms with Gasteiger partial charge in [0.1, 0.15) is 5.57 Å². The summed E-state index contributed by atoms with van der Waals surface area (Å²) in [7, 11) is 0. The average Bonchev–Trinajstić information content (AvgIpc) is 2.53. The highest BCUT2D eigenvalue weighted by atomic mass is 16.7. The molecule has 4 nitrogen and oxygen atoms in total. The molecule has 0 aromatic heterocycles. The van der Waals surface area contributed by atoms with Crippen molar-refractivity contribution in [2.75, 3.05) is 0 Å². The zero-order chi connectivity index (χ0) is 18.2. The summed E-state index contributed by atoms with van der Waals surface area (Å²) in [4.78, 5) is 24.4. The lowest BCUT2D eigenvalue weighted by Crippen LogP contribution is -2.41. The number of hydrogen-bond donors (Lipinski definition) is 0. The summed E-state index contributed by atoms with van der Waals surface area (Å²) < 4.78 is 10.3. The minimum Gasteiger partial charge on any atom is -0.419 e. The first-order valence-electron chi connectivity index (χ1n) is 8.12. The molecule has 0 saturated carbocycles. The van der Waals surface area contributed by atoms with Crippen LogP contribution in [0, 0.1) is 13.8 Å². The smallest absolute Gasteiger partial charge is 0.348 e. The molecular weight excluding hydrogens is 316 g/mol. The van der Waals surface area contributed by atoms with Crippen LogP contribution in [0.4, 0.5) is 0 Å². The van der Waals surface area contributed by atoms with E-state index >= 15 is 0 Å². The number of ether oxygens (including phenoxy) is 2. The number of benzene rings is 2. The highest BCUT2D eigenvalue weighted by Crippen LogP contribution is 2.29. The van der Waals surface area contributed by atoms with Crippen LogP contribution in [-0.2, 0) is 19.1 Å². The number of carbonyl (C=O) groups excluding carboxylic acids is 2. The third-order valence-electron chi connectivity index (χ3n) is 4.20.